The van der Waals surface area contributed by atoms with Crippen molar-refractivity contribution in [2.24, 2.45) is 34.8 Å². The summed E-state index contributed by atoms with van der Waals surface area (Å²) in [7, 11) is 0. The number of amides is 2. The minimum atomic E-state index is -2.80. The van der Waals surface area contributed by atoms with E-state index in [4.69, 9.17) is 17.3 Å². The van der Waals surface area contributed by atoms with Gasteiger partial charge < -0.3 is 16.2 Å². The van der Waals surface area contributed by atoms with Crippen LogP contribution in [0.25, 0.3) is 0 Å². The Bertz CT molecular complexity index is 826. The summed E-state index contributed by atoms with van der Waals surface area (Å²) in [5, 5.41) is 13.3. The Morgan fingerprint density at radius 2 is 1.97 bits per heavy atom. The monoisotopic (exact) mass is 442 g/mol. The summed E-state index contributed by atoms with van der Waals surface area (Å²) < 4.78 is 29.1. The molecule has 7 heteroatoms. The van der Waals surface area contributed by atoms with E-state index in [9.17, 15) is 18.7 Å². The zero-order valence-electron chi connectivity index (χ0n) is 18.3. The van der Waals surface area contributed by atoms with Gasteiger partial charge in [0, 0.05) is 23.5 Å². The number of carbonyl (C=O) groups is 1. The topological polar surface area (TPSA) is 75.3 Å². The van der Waals surface area contributed by atoms with Crippen molar-refractivity contribution in [2.75, 3.05) is 6.61 Å². The van der Waals surface area contributed by atoms with E-state index >= 15 is 0 Å². The maximum absolute atomic E-state index is 14.6. The van der Waals surface area contributed by atoms with Crippen LogP contribution in [0.1, 0.15) is 64.5 Å². The molecular formula is C23H33ClF2N2O2. The molecule has 0 spiro atoms. The van der Waals surface area contributed by atoms with Gasteiger partial charge in [-0.2, -0.15) is 0 Å². The fourth-order valence-electron chi connectivity index (χ4n) is 5.72. The molecule has 5 unspecified atom stereocenters. The summed E-state index contributed by atoms with van der Waals surface area (Å²) in [5.74, 6) is -4.25. The number of urea groups is 1. The van der Waals surface area contributed by atoms with Gasteiger partial charge in [0.15, 0.2) is 0 Å². The van der Waals surface area contributed by atoms with E-state index in [0.29, 0.717) is 23.5 Å². The minimum Gasteiger partial charge on any atom is -0.396 e. The second-order valence-electron chi connectivity index (χ2n) is 10.4. The summed E-state index contributed by atoms with van der Waals surface area (Å²) in [6, 6.07) is 4.41. The summed E-state index contributed by atoms with van der Waals surface area (Å²) in [6.45, 7) is 9.50. The maximum atomic E-state index is 14.6. The Hall–Kier alpha value is -1.40. The fraction of sp³-hybridized carbons (Fsp3) is 0.696. The van der Waals surface area contributed by atoms with Gasteiger partial charge in [-0.05, 0) is 47.3 Å². The Morgan fingerprint density at radius 3 is 2.43 bits per heavy atom. The molecule has 4 nitrogen and oxygen atoms in total. The number of aliphatic hydroxyl groups is 1. The van der Waals surface area contributed by atoms with Crippen LogP contribution < -0.4 is 11.1 Å². The van der Waals surface area contributed by atoms with Gasteiger partial charge in [-0.3, -0.25) is 0 Å². The highest BCUT2D eigenvalue weighted by molar-refractivity contribution is 6.31. The quantitative estimate of drug-likeness (QED) is 0.593. The van der Waals surface area contributed by atoms with Gasteiger partial charge in [-0.15, -0.1) is 0 Å². The second kappa shape index (κ2) is 7.63. The van der Waals surface area contributed by atoms with Crippen molar-refractivity contribution >= 4 is 17.6 Å². The Kier molecular flexibility index (Phi) is 5.92. The lowest BCUT2D eigenvalue weighted by Gasteiger charge is -2.49. The smallest absolute Gasteiger partial charge is 0.312 e. The van der Waals surface area contributed by atoms with Crippen LogP contribution in [-0.2, 0) is 5.54 Å². The molecule has 0 saturated heterocycles. The first-order valence-electron chi connectivity index (χ1n) is 10.6. The van der Waals surface area contributed by atoms with Crippen molar-refractivity contribution in [2.45, 2.75) is 64.8 Å². The molecule has 0 aliphatic heterocycles. The normalized spacial score (nSPS) is 35.7. The summed E-state index contributed by atoms with van der Waals surface area (Å²) >= 11 is 6.54. The van der Waals surface area contributed by atoms with Gasteiger partial charge in [0.25, 0.3) is 5.92 Å². The lowest BCUT2D eigenvalue weighted by Crippen LogP contribution is -2.58. The van der Waals surface area contributed by atoms with Crippen molar-refractivity contribution in [1.82, 2.24) is 5.32 Å². The molecule has 2 aliphatic rings. The molecule has 1 aromatic rings. The number of hydrogen-bond acceptors (Lipinski definition) is 2. The first-order chi connectivity index (χ1) is 13.8. The molecule has 0 heterocycles. The Labute approximate surface area is 182 Å². The van der Waals surface area contributed by atoms with Gasteiger partial charge in [0.1, 0.15) is 0 Å². The zero-order chi connectivity index (χ0) is 22.6. The van der Waals surface area contributed by atoms with Crippen molar-refractivity contribution in [3.8, 4) is 0 Å². The molecule has 168 valence electrons. The van der Waals surface area contributed by atoms with Gasteiger partial charge in [0.05, 0.1) is 11.5 Å². The van der Waals surface area contributed by atoms with E-state index in [1.54, 1.807) is 18.2 Å². The number of rotatable bonds is 4. The first kappa shape index (κ1) is 23.3. The SMILES string of the molecule is CC1C(CO)C(NC(N)=O)(c2ccc(C3C(C(C)(C)C)C3(F)F)c(Cl)c2)CC[C@@H]1C. The van der Waals surface area contributed by atoms with Crippen LogP contribution in [0.15, 0.2) is 18.2 Å². The summed E-state index contributed by atoms with van der Waals surface area (Å²) in [5.41, 5.74) is 5.21. The van der Waals surface area contributed by atoms with Crippen LogP contribution in [0.3, 0.4) is 0 Å². The number of nitrogens with two attached hydrogens (primary N) is 1. The lowest BCUT2D eigenvalue weighted by molar-refractivity contribution is 0.0179. The van der Waals surface area contributed by atoms with Gasteiger partial charge >= 0.3 is 6.03 Å². The first-order valence-corrected chi connectivity index (χ1v) is 11.0. The molecule has 0 bridgehead atoms. The van der Waals surface area contributed by atoms with E-state index < -0.39 is 34.7 Å². The van der Waals surface area contributed by atoms with Gasteiger partial charge in [-0.1, -0.05) is 58.4 Å². The molecule has 2 amide bonds. The maximum Gasteiger partial charge on any atom is 0.312 e. The van der Waals surface area contributed by atoms with Crippen molar-refractivity contribution in [1.29, 1.82) is 0 Å². The fourth-order valence-corrected chi connectivity index (χ4v) is 6.02. The van der Waals surface area contributed by atoms with Crippen LogP contribution in [0.4, 0.5) is 13.6 Å². The minimum absolute atomic E-state index is 0.127. The predicted octanol–water partition coefficient (Wildman–Crippen LogP) is 5.27. The number of aliphatic hydroxyl groups excluding tert-OH is 1. The summed E-state index contributed by atoms with van der Waals surface area (Å²) in [6.07, 6.45) is 1.43. The third kappa shape index (κ3) is 3.70. The van der Waals surface area contributed by atoms with Crippen molar-refractivity contribution < 1.29 is 18.7 Å². The third-order valence-corrected chi connectivity index (χ3v) is 7.87. The van der Waals surface area contributed by atoms with Crippen molar-refractivity contribution in [3.63, 3.8) is 0 Å². The molecule has 2 aliphatic carbocycles. The highest BCUT2D eigenvalue weighted by Crippen LogP contribution is 2.68. The molecule has 3 rings (SSSR count). The largest absolute Gasteiger partial charge is 0.396 e. The molecule has 2 fully saturated rings. The van der Waals surface area contributed by atoms with Crippen LogP contribution in [0, 0.1) is 29.1 Å². The Morgan fingerprint density at radius 1 is 1.33 bits per heavy atom. The standard InChI is InChI=1S/C23H33ClF2N2O2/c1-12-8-9-22(28-20(27)30,16(11-29)13(12)2)14-6-7-15(17(24)10-14)18-19(21(3,4)5)23(18,25)26/h6-7,10,12-13,16,18-19,29H,8-9,11H2,1-5H3,(H3,27,28,30)/t12-,13?,16?,18?,19?,22?/m0/s1. The highest BCUT2D eigenvalue weighted by Gasteiger charge is 2.72. The van der Waals surface area contributed by atoms with Crippen LogP contribution in [-0.4, -0.2) is 23.7 Å². The predicted molar refractivity (Wildman–Crippen MR) is 115 cm³/mol. The van der Waals surface area contributed by atoms with E-state index in [1.807, 2.05) is 20.8 Å². The van der Waals surface area contributed by atoms with E-state index in [2.05, 4.69) is 19.2 Å². The Balaban J connectivity index is 2.03. The van der Waals surface area contributed by atoms with E-state index in [0.717, 1.165) is 6.42 Å². The molecular weight excluding hydrogens is 410 g/mol. The average Bonchev–Trinajstić information content (AvgIpc) is 3.20. The number of hydrogen-bond donors (Lipinski definition) is 3. The third-order valence-electron chi connectivity index (χ3n) is 7.54. The highest BCUT2D eigenvalue weighted by atomic mass is 35.5. The molecule has 6 atom stereocenters. The van der Waals surface area contributed by atoms with E-state index in [-0.39, 0.29) is 23.5 Å². The average molecular weight is 443 g/mol. The number of nitrogens with one attached hydrogen (secondary N) is 1. The number of primary amides is 1. The van der Waals surface area contributed by atoms with Gasteiger partial charge in [0.2, 0.25) is 0 Å². The number of alkyl halides is 2. The van der Waals surface area contributed by atoms with Crippen LogP contribution in [0.5, 0.6) is 0 Å². The molecule has 0 aromatic heterocycles. The van der Waals surface area contributed by atoms with Gasteiger partial charge in [-0.25, -0.2) is 13.6 Å². The van der Waals surface area contributed by atoms with Crippen LogP contribution >= 0.6 is 11.6 Å². The lowest BCUT2D eigenvalue weighted by atomic mass is 9.61. The number of carbonyl (C=O) groups excluding carboxylic acids is 1. The zero-order valence-corrected chi connectivity index (χ0v) is 19.1. The number of halogens is 3. The summed E-state index contributed by atoms with van der Waals surface area (Å²) in [4.78, 5) is 11.9. The second-order valence-corrected chi connectivity index (χ2v) is 10.8. The number of benzene rings is 1. The molecule has 30 heavy (non-hydrogen) atoms. The molecule has 0 radical (unpaired) electrons. The van der Waals surface area contributed by atoms with Crippen LogP contribution in [0.2, 0.25) is 5.02 Å². The molecule has 2 saturated carbocycles. The van der Waals surface area contributed by atoms with Crippen molar-refractivity contribution in [3.05, 3.63) is 34.3 Å². The molecule has 4 N–H and O–H groups in total. The van der Waals surface area contributed by atoms with E-state index in [1.165, 1.54) is 0 Å². The molecule has 1 aromatic carbocycles.